The molecule has 0 aliphatic carbocycles. The maximum Gasteiger partial charge on any atom is 0.306 e. The molecule has 5 heteroatoms. The van der Waals surface area contributed by atoms with Crippen LogP contribution in [-0.2, 0) is 19.1 Å². The second kappa shape index (κ2) is 50.9. The van der Waals surface area contributed by atoms with Gasteiger partial charge >= 0.3 is 11.9 Å². The molecule has 0 rings (SSSR count). The first kappa shape index (κ1) is 57.5. The Kier molecular flexibility index (Phi) is 47.2. The van der Waals surface area contributed by atoms with Crippen molar-refractivity contribution in [2.24, 2.45) is 0 Å². The van der Waals surface area contributed by atoms with Gasteiger partial charge in [0.25, 0.3) is 0 Å². The van der Waals surface area contributed by atoms with Gasteiger partial charge in [0, 0.05) is 12.8 Å². The molecule has 0 aliphatic heterocycles. The number of allylic oxidation sites excluding steroid dienone is 26. The largest absolute Gasteiger partial charge is 0.462 e. The van der Waals surface area contributed by atoms with Crippen molar-refractivity contribution < 1.29 is 24.2 Å². The summed E-state index contributed by atoms with van der Waals surface area (Å²) in [6, 6.07) is 0. The van der Waals surface area contributed by atoms with Crippen molar-refractivity contribution in [1.29, 1.82) is 0 Å². The molecule has 0 amide bonds. The van der Waals surface area contributed by atoms with Crippen LogP contribution in [0.3, 0.4) is 0 Å². The maximum absolute atomic E-state index is 12.2. The van der Waals surface area contributed by atoms with Crippen molar-refractivity contribution in [1.82, 2.24) is 0 Å². The Hall–Kier alpha value is -4.48. The third-order valence-corrected chi connectivity index (χ3v) is 9.32. The maximum atomic E-state index is 12.2. The number of rotatable bonds is 41. The zero-order chi connectivity index (χ0) is 44.9. The number of hydrogen-bond donors (Lipinski definition) is 1. The molecular formula is C57H86O5. The van der Waals surface area contributed by atoms with Crippen LogP contribution in [0, 0.1) is 0 Å². The van der Waals surface area contributed by atoms with Gasteiger partial charge in [-0.3, -0.25) is 9.59 Å². The highest BCUT2D eigenvalue weighted by molar-refractivity contribution is 5.70. The van der Waals surface area contributed by atoms with Crippen molar-refractivity contribution >= 4 is 11.9 Å². The van der Waals surface area contributed by atoms with Crippen molar-refractivity contribution in [3.05, 3.63) is 158 Å². The molecular weight excluding hydrogens is 765 g/mol. The van der Waals surface area contributed by atoms with Gasteiger partial charge in [-0.1, -0.05) is 191 Å². The summed E-state index contributed by atoms with van der Waals surface area (Å²) in [4.78, 5) is 24.4. The van der Waals surface area contributed by atoms with Gasteiger partial charge in [-0.05, 0) is 122 Å². The van der Waals surface area contributed by atoms with Gasteiger partial charge < -0.3 is 14.6 Å². The Morgan fingerprint density at radius 1 is 0.371 bits per heavy atom. The number of aliphatic hydroxyl groups excluding tert-OH is 1. The lowest BCUT2D eigenvalue weighted by Crippen LogP contribution is -2.28. The predicted octanol–water partition coefficient (Wildman–Crippen LogP) is 16.1. The molecule has 1 N–H and O–H groups in total. The number of aliphatic hydroxyl groups is 1. The molecule has 0 saturated carbocycles. The number of ether oxygens (including phenoxy) is 2. The average molecular weight is 851 g/mol. The molecule has 344 valence electrons. The molecule has 0 aromatic rings. The first-order valence-corrected chi connectivity index (χ1v) is 24.0. The van der Waals surface area contributed by atoms with Gasteiger partial charge in [-0.15, -0.1) is 0 Å². The summed E-state index contributed by atoms with van der Waals surface area (Å²) < 4.78 is 10.6. The first-order chi connectivity index (χ1) is 30.6. The smallest absolute Gasteiger partial charge is 0.306 e. The summed E-state index contributed by atoms with van der Waals surface area (Å²) in [5.74, 6) is -0.674. The van der Waals surface area contributed by atoms with E-state index in [4.69, 9.17) is 9.47 Å². The molecule has 0 aromatic heterocycles. The molecule has 62 heavy (non-hydrogen) atoms. The highest BCUT2D eigenvalue weighted by Gasteiger charge is 2.16. The Morgan fingerprint density at radius 2 is 0.645 bits per heavy atom. The second-order valence-corrected chi connectivity index (χ2v) is 15.1. The van der Waals surface area contributed by atoms with Gasteiger partial charge in [0.15, 0.2) is 6.10 Å². The third kappa shape index (κ3) is 48.2. The molecule has 0 heterocycles. The van der Waals surface area contributed by atoms with Crippen LogP contribution in [0.1, 0.15) is 168 Å². The van der Waals surface area contributed by atoms with Gasteiger partial charge in [0.1, 0.15) is 6.61 Å². The Balaban J connectivity index is 3.73. The van der Waals surface area contributed by atoms with Crippen LogP contribution < -0.4 is 0 Å². The lowest BCUT2D eigenvalue weighted by Gasteiger charge is -2.15. The number of carbonyl (C=O) groups excluding carboxylic acids is 2. The third-order valence-electron chi connectivity index (χ3n) is 9.32. The van der Waals surface area contributed by atoms with Crippen LogP contribution in [0.2, 0.25) is 0 Å². The number of unbranched alkanes of at least 4 members (excludes halogenated alkanes) is 7. The van der Waals surface area contributed by atoms with Crippen molar-refractivity contribution in [2.75, 3.05) is 13.2 Å². The summed E-state index contributed by atoms with van der Waals surface area (Å²) in [7, 11) is 0. The van der Waals surface area contributed by atoms with Crippen molar-refractivity contribution in [2.45, 2.75) is 174 Å². The zero-order valence-electron chi connectivity index (χ0n) is 39.1. The van der Waals surface area contributed by atoms with E-state index in [9.17, 15) is 14.7 Å². The van der Waals surface area contributed by atoms with Crippen LogP contribution in [0.5, 0.6) is 0 Å². The molecule has 0 radical (unpaired) electrons. The van der Waals surface area contributed by atoms with Gasteiger partial charge in [0.2, 0.25) is 0 Å². The van der Waals surface area contributed by atoms with E-state index in [1.165, 1.54) is 0 Å². The fourth-order valence-corrected chi connectivity index (χ4v) is 5.77. The fraction of sp³-hybridized carbons (Fsp3) is 0.509. The SMILES string of the molecule is CC/C=C\C/C=C\C/C=C\C/C=C\C/C=C\C/C=C\C/C=C\C/C=C\C/C=C\CCCCCC(=O)OC(CO)COC(=O)CCCCCC/C=C\C/C=C\C/C=C\C/C=C\CC. The van der Waals surface area contributed by atoms with E-state index in [1.54, 1.807) is 0 Å². The molecule has 0 aliphatic rings. The number of esters is 2. The van der Waals surface area contributed by atoms with E-state index in [2.05, 4.69) is 172 Å². The molecule has 0 aromatic carbocycles. The van der Waals surface area contributed by atoms with Gasteiger partial charge in [-0.25, -0.2) is 0 Å². The number of hydrogen-bond acceptors (Lipinski definition) is 5. The summed E-state index contributed by atoms with van der Waals surface area (Å²) in [5, 5.41) is 9.60. The molecule has 0 spiro atoms. The van der Waals surface area contributed by atoms with Crippen LogP contribution in [-0.4, -0.2) is 36.4 Å². The number of carbonyl (C=O) groups is 2. The lowest BCUT2D eigenvalue weighted by molar-refractivity contribution is -0.161. The van der Waals surface area contributed by atoms with E-state index in [0.29, 0.717) is 12.8 Å². The summed E-state index contributed by atoms with van der Waals surface area (Å²) in [6.07, 6.45) is 78.9. The van der Waals surface area contributed by atoms with Gasteiger partial charge in [-0.2, -0.15) is 0 Å². The van der Waals surface area contributed by atoms with E-state index < -0.39 is 6.10 Å². The minimum absolute atomic E-state index is 0.104. The lowest BCUT2D eigenvalue weighted by atomic mass is 10.1. The Labute approximate surface area is 380 Å². The molecule has 1 unspecified atom stereocenters. The van der Waals surface area contributed by atoms with Crippen LogP contribution in [0.15, 0.2) is 158 Å². The van der Waals surface area contributed by atoms with E-state index in [-0.39, 0.29) is 25.2 Å². The standard InChI is InChI=1S/C57H86O5/c1-3-5-7-9-11-13-15-17-19-21-22-23-24-25-26-27-28-29-30-31-32-33-34-36-38-40-42-44-46-48-50-52-57(60)62-55(53-58)54-61-56(59)51-49-47-45-43-41-39-37-35-20-18-16-14-12-10-8-6-4-2/h5-8,11-14,17-20,22-23,25-26,28-29,31-32,34,36-37,39-40,42,55,58H,3-4,9-10,15-16,21,24,27,30,33,35,38,41,43-54H2,1-2H3/b7-5-,8-6-,13-11-,14-12-,19-17-,20-18-,23-22-,26-25-,29-28-,32-31-,36-34-,39-37-,42-40-. The van der Waals surface area contributed by atoms with Crippen LogP contribution in [0.4, 0.5) is 0 Å². The van der Waals surface area contributed by atoms with E-state index >= 15 is 0 Å². The molecule has 5 nitrogen and oxygen atoms in total. The van der Waals surface area contributed by atoms with Crippen molar-refractivity contribution in [3.63, 3.8) is 0 Å². The molecule has 0 fully saturated rings. The minimum Gasteiger partial charge on any atom is -0.462 e. The second-order valence-electron chi connectivity index (χ2n) is 15.1. The molecule has 0 bridgehead atoms. The normalized spacial score (nSPS) is 13.7. The fourth-order valence-electron chi connectivity index (χ4n) is 5.77. The summed E-state index contributed by atoms with van der Waals surface area (Å²) >= 11 is 0. The monoisotopic (exact) mass is 851 g/mol. The molecule has 0 saturated heterocycles. The first-order valence-electron chi connectivity index (χ1n) is 24.0. The minimum atomic E-state index is -0.813. The van der Waals surface area contributed by atoms with Gasteiger partial charge in [0.05, 0.1) is 6.61 Å². The highest BCUT2D eigenvalue weighted by atomic mass is 16.6. The average Bonchev–Trinajstić information content (AvgIpc) is 3.28. The highest BCUT2D eigenvalue weighted by Crippen LogP contribution is 2.10. The van der Waals surface area contributed by atoms with E-state index in [1.807, 2.05) is 0 Å². The zero-order valence-corrected chi connectivity index (χ0v) is 39.1. The summed E-state index contributed by atoms with van der Waals surface area (Å²) in [6.45, 7) is 3.84. The molecule has 1 atom stereocenters. The van der Waals surface area contributed by atoms with E-state index in [0.717, 1.165) is 141 Å². The Morgan fingerprint density at radius 3 is 0.968 bits per heavy atom. The van der Waals surface area contributed by atoms with Crippen LogP contribution >= 0.6 is 0 Å². The quantitative estimate of drug-likeness (QED) is 0.0377. The Bertz CT molecular complexity index is 1420. The predicted molar refractivity (Wildman–Crippen MR) is 269 cm³/mol. The van der Waals surface area contributed by atoms with Crippen LogP contribution in [0.25, 0.3) is 0 Å². The van der Waals surface area contributed by atoms with Crippen molar-refractivity contribution in [3.8, 4) is 0 Å². The summed E-state index contributed by atoms with van der Waals surface area (Å²) in [5.41, 5.74) is 0. The topological polar surface area (TPSA) is 72.8 Å².